The molecule has 16 heavy (non-hydrogen) atoms. The number of benzene rings is 1. The maximum Gasteiger partial charge on any atom is 0.159 e. The Balaban J connectivity index is 3.02. The molecule has 0 radical (unpaired) electrons. The summed E-state index contributed by atoms with van der Waals surface area (Å²) in [4.78, 5) is 0. The first-order chi connectivity index (χ1) is 7.41. The number of allylic oxidation sites excluding steroid dienone is 4. The number of hydrogen-bond acceptors (Lipinski definition) is 0. The number of rotatable bonds is 3. The van der Waals surface area contributed by atoms with Gasteiger partial charge in [0.15, 0.2) is 23.3 Å². The van der Waals surface area contributed by atoms with E-state index in [9.17, 15) is 17.6 Å². The van der Waals surface area contributed by atoms with E-state index in [1.807, 2.05) is 0 Å². The summed E-state index contributed by atoms with van der Waals surface area (Å²) in [6, 6.07) is 2.94. The summed E-state index contributed by atoms with van der Waals surface area (Å²) in [7, 11) is 0. The Morgan fingerprint density at radius 1 is 1.06 bits per heavy atom. The molecule has 1 rings (SSSR count). The second-order valence-electron chi connectivity index (χ2n) is 3.05. The van der Waals surface area contributed by atoms with E-state index < -0.39 is 23.3 Å². The van der Waals surface area contributed by atoms with Gasteiger partial charge >= 0.3 is 0 Å². The maximum absolute atomic E-state index is 12.8. The van der Waals surface area contributed by atoms with Crippen LogP contribution in [0.1, 0.15) is 5.56 Å². The van der Waals surface area contributed by atoms with Gasteiger partial charge in [-0.1, -0.05) is 19.2 Å². The molecule has 1 aromatic carbocycles. The van der Waals surface area contributed by atoms with E-state index in [2.05, 4.69) is 13.2 Å². The zero-order valence-corrected chi connectivity index (χ0v) is 8.24. The van der Waals surface area contributed by atoms with Crippen LogP contribution in [0.25, 0.3) is 5.57 Å². The summed E-state index contributed by atoms with van der Waals surface area (Å²) in [5.74, 6) is -4.54. The first-order valence-corrected chi connectivity index (χ1v) is 4.28. The zero-order chi connectivity index (χ0) is 12.3. The summed E-state index contributed by atoms with van der Waals surface area (Å²) in [6.45, 7) is 6.15. The molecule has 4 heteroatoms. The van der Waals surface area contributed by atoms with Crippen molar-refractivity contribution in [1.29, 1.82) is 0 Å². The molecule has 1 aromatic rings. The molecule has 0 fully saturated rings. The molecule has 0 nitrogen and oxygen atoms in total. The van der Waals surface area contributed by atoms with Crippen LogP contribution in [0.5, 0.6) is 0 Å². The van der Waals surface area contributed by atoms with Crippen LogP contribution >= 0.6 is 0 Å². The van der Waals surface area contributed by atoms with Gasteiger partial charge in [-0.3, -0.25) is 0 Å². The molecule has 0 saturated heterocycles. The molecule has 0 aromatic heterocycles. The lowest BCUT2D eigenvalue weighted by molar-refractivity contribution is 0.508. The van der Waals surface area contributed by atoms with Gasteiger partial charge in [0.1, 0.15) is 0 Å². The summed E-state index contributed by atoms with van der Waals surface area (Å²) in [5.41, 5.74) is 0.186. The van der Waals surface area contributed by atoms with Crippen molar-refractivity contribution in [3.05, 3.63) is 66.3 Å². The quantitative estimate of drug-likeness (QED) is 0.534. The van der Waals surface area contributed by atoms with Crippen molar-refractivity contribution in [3.8, 4) is 0 Å². The highest BCUT2D eigenvalue weighted by atomic mass is 19.2. The number of hydrogen-bond donors (Lipinski definition) is 0. The van der Waals surface area contributed by atoms with E-state index in [0.29, 0.717) is 0 Å². The normalized spacial score (nSPS) is 11.4. The van der Waals surface area contributed by atoms with Crippen molar-refractivity contribution in [1.82, 2.24) is 0 Å². The minimum absolute atomic E-state index is 0.0233. The highest BCUT2D eigenvalue weighted by Crippen LogP contribution is 2.21. The van der Waals surface area contributed by atoms with Crippen molar-refractivity contribution in [3.63, 3.8) is 0 Å². The first-order valence-electron chi connectivity index (χ1n) is 4.28. The molecule has 0 aliphatic carbocycles. The van der Waals surface area contributed by atoms with Gasteiger partial charge in [-0.2, -0.15) is 0 Å². The monoisotopic (exact) mass is 228 g/mol. The van der Waals surface area contributed by atoms with Crippen LogP contribution in [0, 0.1) is 11.6 Å². The molecule has 0 saturated carbocycles. The Morgan fingerprint density at radius 3 is 2.19 bits per heavy atom. The molecular formula is C12H8F4. The average molecular weight is 228 g/mol. The molecule has 0 unspecified atom stereocenters. The van der Waals surface area contributed by atoms with Crippen LogP contribution in [0.3, 0.4) is 0 Å². The lowest BCUT2D eigenvalue weighted by Gasteiger charge is -2.01. The van der Waals surface area contributed by atoms with E-state index >= 15 is 0 Å². The SMILES string of the molecule is C=C(F)/C(F)=C\C(=C)c1ccc(F)c(F)c1. The highest BCUT2D eigenvalue weighted by molar-refractivity contribution is 5.72. The zero-order valence-electron chi connectivity index (χ0n) is 8.24. The lowest BCUT2D eigenvalue weighted by Crippen LogP contribution is -1.87. The minimum Gasteiger partial charge on any atom is -0.204 e. The van der Waals surface area contributed by atoms with Gasteiger partial charge < -0.3 is 0 Å². The molecule has 84 valence electrons. The fourth-order valence-electron chi connectivity index (χ4n) is 1.01. The summed E-state index contributed by atoms with van der Waals surface area (Å²) in [5, 5.41) is 0. The Hall–Kier alpha value is -1.84. The van der Waals surface area contributed by atoms with Gasteiger partial charge in [0, 0.05) is 0 Å². The van der Waals surface area contributed by atoms with Gasteiger partial charge in [-0.05, 0) is 29.3 Å². The van der Waals surface area contributed by atoms with Gasteiger partial charge in [-0.15, -0.1) is 0 Å². The first kappa shape index (κ1) is 12.2. The molecule has 0 bridgehead atoms. The van der Waals surface area contributed by atoms with Crippen LogP contribution in [0.15, 0.2) is 49.1 Å². The third kappa shape index (κ3) is 2.82. The molecule has 0 spiro atoms. The largest absolute Gasteiger partial charge is 0.204 e. The third-order valence-electron chi connectivity index (χ3n) is 1.85. The van der Waals surface area contributed by atoms with Crippen molar-refractivity contribution in [2.24, 2.45) is 0 Å². The predicted molar refractivity (Wildman–Crippen MR) is 54.8 cm³/mol. The summed E-state index contributed by atoms with van der Waals surface area (Å²) >= 11 is 0. The Kier molecular flexibility index (Phi) is 3.66. The fraction of sp³-hybridized carbons (Fsp3) is 0. The van der Waals surface area contributed by atoms with Crippen LogP contribution in [-0.2, 0) is 0 Å². The predicted octanol–water partition coefficient (Wildman–Crippen LogP) is 4.31. The van der Waals surface area contributed by atoms with Crippen molar-refractivity contribution >= 4 is 5.57 Å². The van der Waals surface area contributed by atoms with Crippen molar-refractivity contribution < 1.29 is 17.6 Å². The maximum atomic E-state index is 12.8. The second kappa shape index (κ2) is 4.79. The minimum atomic E-state index is -1.25. The van der Waals surface area contributed by atoms with Crippen molar-refractivity contribution in [2.75, 3.05) is 0 Å². The van der Waals surface area contributed by atoms with E-state index in [0.717, 1.165) is 18.2 Å². The Morgan fingerprint density at radius 2 is 1.69 bits per heavy atom. The smallest absolute Gasteiger partial charge is 0.159 e. The average Bonchev–Trinajstić information content (AvgIpc) is 2.21. The topological polar surface area (TPSA) is 0 Å². The molecular weight excluding hydrogens is 220 g/mol. The van der Waals surface area contributed by atoms with Gasteiger partial charge in [0.05, 0.1) is 0 Å². The third-order valence-corrected chi connectivity index (χ3v) is 1.85. The van der Waals surface area contributed by atoms with Gasteiger partial charge in [-0.25, -0.2) is 17.6 Å². The summed E-state index contributed by atoms with van der Waals surface area (Å²) < 4.78 is 50.5. The van der Waals surface area contributed by atoms with Gasteiger partial charge in [0.2, 0.25) is 0 Å². The van der Waals surface area contributed by atoms with E-state index in [1.165, 1.54) is 6.07 Å². The van der Waals surface area contributed by atoms with E-state index in [4.69, 9.17) is 0 Å². The standard InChI is InChI=1S/C12H8F4/c1-7(5-11(15)8(2)13)9-3-4-10(14)12(16)6-9/h3-6H,1-2H2/b11-5+. The summed E-state index contributed by atoms with van der Waals surface area (Å²) in [6.07, 6.45) is 0.759. The lowest BCUT2D eigenvalue weighted by atomic mass is 10.1. The second-order valence-corrected chi connectivity index (χ2v) is 3.05. The Labute approximate surface area is 90.2 Å². The van der Waals surface area contributed by atoms with Crippen LogP contribution in [0.4, 0.5) is 17.6 Å². The molecule has 0 aliphatic rings. The molecule has 0 atom stereocenters. The fourth-order valence-corrected chi connectivity index (χ4v) is 1.01. The molecule has 0 N–H and O–H groups in total. The molecule has 0 heterocycles. The Bertz CT molecular complexity index is 472. The molecule has 0 aliphatic heterocycles. The molecule has 0 amide bonds. The van der Waals surface area contributed by atoms with E-state index in [-0.39, 0.29) is 11.1 Å². The van der Waals surface area contributed by atoms with Crippen LogP contribution in [0.2, 0.25) is 0 Å². The van der Waals surface area contributed by atoms with Crippen LogP contribution < -0.4 is 0 Å². The van der Waals surface area contributed by atoms with Crippen molar-refractivity contribution in [2.45, 2.75) is 0 Å². The number of halogens is 4. The highest BCUT2D eigenvalue weighted by Gasteiger charge is 2.06. The van der Waals surface area contributed by atoms with E-state index in [1.54, 1.807) is 0 Å². The van der Waals surface area contributed by atoms with Gasteiger partial charge in [0.25, 0.3) is 0 Å². The van der Waals surface area contributed by atoms with Crippen LogP contribution in [-0.4, -0.2) is 0 Å².